The second-order valence-electron chi connectivity index (χ2n) is 7.48. The predicted octanol–water partition coefficient (Wildman–Crippen LogP) is 3.67. The largest absolute Gasteiger partial charge is 0.508 e. The first-order chi connectivity index (χ1) is 13.1. The van der Waals surface area contributed by atoms with Crippen LogP contribution in [0.4, 0.5) is 5.69 Å². The van der Waals surface area contributed by atoms with E-state index in [0.717, 1.165) is 5.56 Å². The zero-order chi connectivity index (χ0) is 20.5. The van der Waals surface area contributed by atoms with Crippen LogP contribution in [0.5, 0.6) is 11.5 Å². The highest BCUT2D eigenvalue weighted by Crippen LogP contribution is 2.38. The van der Waals surface area contributed by atoms with Gasteiger partial charge in [0.2, 0.25) is 0 Å². The number of hydrogen-bond acceptors (Lipinski definition) is 5. The number of carbonyl (C=O) groups excluding carboxylic acids is 1. The molecule has 0 unspecified atom stereocenters. The number of halogens is 2. The Morgan fingerprint density at radius 2 is 1.89 bits per heavy atom. The molecule has 0 aromatic heterocycles. The van der Waals surface area contributed by atoms with E-state index in [1.165, 1.54) is 12.1 Å². The molecule has 0 fully saturated rings. The van der Waals surface area contributed by atoms with Crippen molar-refractivity contribution in [1.29, 1.82) is 0 Å². The maximum absolute atomic E-state index is 11.5. The maximum atomic E-state index is 11.5. The molecule has 6 nitrogen and oxygen atoms in total. The number of phenolic OH excluding ortho intramolecular Hbond substituents is 1. The number of aromatic hydroxyl groups is 1. The molecule has 3 rings (SSSR count). The minimum atomic E-state index is -0.946. The molecule has 1 atom stereocenters. The van der Waals surface area contributed by atoms with Gasteiger partial charge in [0, 0.05) is 33.8 Å². The number of ether oxygens (including phenoxy) is 1. The van der Waals surface area contributed by atoms with Crippen molar-refractivity contribution in [2.45, 2.75) is 31.9 Å². The standard InChI is InChI=1S/C20H22Cl2N2O4/c1-20(2,8-11-3-12(21)5-13(22)4-11)23-9-17(26)15-6-14(25)7-16-19(15)28-10-18(27)24-16/h3-7,17,23,25-26H,8-10H2,1-2H3,(H,24,27)/t17-/m0/s1. The van der Waals surface area contributed by atoms with Crippen molar-refractivity contribution in [3.63, 3.8) is 0 Å². The van der Waals surface area contributed by atoms with Crippen molar-refractivity contribution in [3.8, 4) is 11.5 Å². The summed E-state index contributed by atoms with van der Waals surface area (Å²) in [5, 5.41) is 27.7. The average Bonchev–Trinajstić information content (AvgIpc) is 2.57. The molecular formula is C20H22Cl2N2O4. The van der Waals surface area contributed by atoms with E-state index in [-0.39, 0.29) is 30.3 Å². The lowest BCUT2D eigenvalue weighted by Gasteiger charge is -2.29. The number of aliphatic hydroxyl groups is 1. The van der Waals surface area contributed by atoms with Crippen LogP contribution >= 0.6 is 23.2 Å². The average molecular weight is 425 g/mol. The third-order valence-corrected chi connectivity index (χ3v) is 4.86. The number of hydrogen-bond donors (Lipinski definition) is 4. The van der Waals surface area contributed by atoms with Gasteiger partial charge in [-0.15, -0.1) is 0 Å². The Kier molecular flexibility index (Phi) is 6.05. The first kappa shape index (κ1) is 20.7. The number of β-amino-alcohol motifs (C(OH)–C–C–N with tert-alkyl or cyclic N) is 1. The summed E-state index contributed by atoms with van der Waals surface area (Å²) < 4.78 is 5.46. The minimum Gasteiger partial charge on any atom is -0.508 e. The second-order valence-corrected chi connectivity index (χ2v) is 8.36. The molecule has 0 bridgehead atoms. The molecule has 8 heteroatoms. The van der Waals surface area contributed by atoms with Crippen LogP contribution in [0.2, 0.25) is 10.0 Å². The summed E-state index contributed by atoms with van der Waals surface area (Å²) in [5.41, 5.74) is 1.37. The fourth-order valence-electron chi connectivity index (χ4n) is 3.23. The summed E-state index contributed by atoms with van der Waals surface area (Å²) >= 11 is 12.1. The number of rotatable bonds is 6. The SMILES string of the molecule is CC(C)(Cc1cc(Cl)cc(Cl)c1)NC[C@H](O)c1cc(O)cc2c1OCC(=O)N2. The maximum Gasteiger partial charge on any atom is 0.262 e. The Morgan fingerprint density at radius 3 is 2.57 bits per heavy atom. The zero-order valence-electron chi connectivity index (χ0n) is 15.6. The summed E-state index contributed by atoms with van der Waals surface area (Å²) in [5.74, 6) is -0.00413. The molecule has 0 radical (unpaired) electrons. The van der Waals surface area contributed by atoms with Gasteiger partial charge in [-0.3, -0.25) is 4.79 Å². The van der Waals surface area contributed by atoms with Gasteiger partial charge in [0.05, 0.1) is 11.8 Å². The molecule has 0 saturated heterocycles. The second kappa shape index (κ2) is 8.17. The molecule has 4 N–H and O–H groups in total. The Balaban J connectivity index is 1.71. The van der Waals surface area contributed by atoms with E-state index in [1.807, 2.05) is 26.0 Å². The van der Waals surface area contributed by atoms with Crippen LogP contribution in [0.3, 0.4) is 0 Å². The van der Waals surface area contributed by atoms with Gasteiger partial charge in [-0.25, -0.2) is 0 Å². The van der Waals surface area contributed by atoms with Gasteiger partial charge in [0.25, 0.3) is 5.91 Å². The highest BCUT2D eigenvalue weighted by molar-refractivity contribution is 6.34. The molecule has 1 amide bonds. The quantitative estimate of drug-likeness (QED) is 0.567. The third-order valence-electron chi connectivity index (χ3n) is 4.43. The van der Waals surface area contributed by atoms with Crippen molar-refractivity contribution in [2.24, 2.45) is 0 Å². The van der Waals surface area contributed by atoms with E-state index in [9.17, 15) is 15.0 Å². The van der Waals surface area contributed by atoms with Gasteiger partial charge in [-0.05, 0) is 50.1 Å². The van der Waals surface area contributed by atoms with Crippen molar-refractivity contribution >= 4 is 34.8 Å². The molecule has 150 valence electrons. The van der Waals surface area contributed by atoms with Crippen LogP contribution in [0.15, 0.2) is 30.3 Å². The summed E-state index contributed by atoms with van der Waals surface area (Å²) in [6.45, 7) is 4.09. The predicted molar refractivity (Wildman–Crippen MR) is 109 cm³/mol. The number of amides is 1. The Hall–Kier alpha value is -1.99. The summed E-state index contributed by atoms with van der Waals surface area (Å²) in [6.07, 6.45) is -0.303. The van der Waals surface area contributed by atoms with Crippen molar-refractivity contribution in [1.82, 2.24) is 5.32 Å². The topological polar surface area (TPSA) is 90.8 Å². The molecule has 1 aliphatic rings. The Morgan fingerprint density at radius 1 is 1.21 bits per heavy atom. The molecule has 28 heavy (non-hydrogen) atoms. The minimum absolute atomic E-state index is 0.0635. The number of carbonyl (C=O) groups is 1. The molecule has 1 heterocycles. The fraction of sp³-hybridized carbons (Fsp3) is 0.350. The molecule has 2 aromatic carbocycles. The Labute approximate surface area is 173 Å². The van der Waals surface area contributed by atoms with E-state index in [4.69, 9.17) is 27.9 Å². The van der Waals surface area contributed by atoms with E-state index < -0.39 is 6.10 Å². The normalized spacial score (nSPS) is 14.8. The van der Waals surface area contributed by atoms with E-state index in [2.05, 4.69) is 10.6 Å². The number of nitrogens with one attached hydrogen (secondary N) is 2. The van der Waals surface area contributed by atoms with Crippen LogP contribution in [-0.2, 0) is 11.2 Å². The number of benzene rings is 2. The van der Waals surface area contributed by atoms with Crippen LogP contribution < -0.4 is 15.4 Å². The third kappa shape index (κ3) is 5.08. The monoisotopic (exact) mass is 424 g/mol. The van der Waals surface area contributed by atoms with Crippen LogP contribution in [-0.4, -0.2) is 34.8 Å². The first-order valence-corrected chi connectivity index (χ1v) is 9.56. The van der Waals surface area contributed by atoms with Crippen LogP contribution in [0.25, 0.3) is 0 Å². The van der Waals surface area contributed by atoms with E-state index in [1.54, 1.807) is 6.07 Å². The molecule has 0 aliphatic carbocycles. The Bertz CT molecular complexity index is 882. The van der Waals surface area contributed by atoms with Crippen LogP contribution in [0, 0.1) is 0 Å². The van der Waals surface area contributed by atoms with E-state index >= 15 is 0 Å². The first-order valence-electron chi connectivity index (χ1n) is 8.80. The number of anilines is 1. The van der Waals surface area contributed by atoms with Crippen LogP contribution in [0.1, 0.15) is 31.1 Å². The lowest BCUT2D eigenvalue weighted by atomic mass is 9.94. The summed E-state index contributed by atoms with van der Waals surface area (Å²) in [4.78, 5) is 11.5. The zero-order valence-corrected chi connectivity index (χ0v) is 17.1. The smallest absolute Gasteiger partial charge is 0.262 e. The highest BCUT2D eigenvalue weighted by Gasteiger charge is 2.26. The summed E-state index contributed by atoms with van der Waals surface area (Å²) in [6, 6.07) is 8.22. The number of fused-ring (bicyclic) bond motifs is 1. The lowest BCUT2D eigenvalue weighted by Crippen LogP contribution is -2.43. The molecule has 1 aliphatic heterocycles. The van der Waals surface area contributed by atoms with Crippen molar-refractivity contribution in [2.75, 3.05) is 18.5 Å². The van der Waals surface area contributed by atoms with Gasteiger partial charge in [-0.2, -0.15) is 0 Å². The van der Waals surface area contributed by atoms with Gasteiger partial charge in [0.15, 0.2) is 6.61 Å². The molecule has 2 aromatic rings. The summed E-state index contributed by atoms with van der Waals surface area (Å²) in [7, 11) is 0. The number of phenols is 1. The highest BCUT2D eigenvalue weighted by atomic mass is 35.5. The molecule has 0 spiro atoms. The number of aliphatic hydroxyl groups excluding tert-OH is 1. The van der Waals surface area contributed by atoms with Gasteiger partial charge < -0.3 is 25.6 Å². The lowest BCUT2D eigenvalue weighted by molar-refractivity contribution is -0.118. The van der Waals surface area contributed by atoms with E-state index in [0.29, 0.717) is 33.5 Å². The molecule has 0 saturated carbocycles. The molecular weight excluding hydrogens is 403 g/mol. The van der Waals surface area contributed by atoms with Crippen molar-refractivity contribution < 1.29 is 19.7 Å². The van der Waals surface area contributed by atoms with Gasteiger partial charge >= 0.3 is 0 Å². The van der Waals surface area contributed by atoms with Crippen molar-refractivity contribution in [3.05, 3.63) is 51.5 Å². The van der Waals surface area contributed by atoms with Gasteiger partial charge in [0.1, 0.15) is 11.5 Å². The van der Waals surface area contributed by atoms with Gasteiger partial charge in [-0.1, -0.05) is 23.2 Å². The fourth-order valence-corrected chi connectivity index (χ4v) is 3.80.